The number of nitrogens with two attached hydrogens (primary N) is 1. The van der Waals surface area contributed by atoms with Gasteiger partial charge in [-0.2, -0.15) is 0 Å². The van der Waals surface area contributed by atoms with Crippen molar-refractivity contribution in [3.8, 4) is 0 Å². The van der Waals surface area contributed by atoms with Crippen LogP contribution in [0.15, 0.2) is 32.2 Å². The highest BCUT2D eigenvalue weighted by molar-refractivity contribution is 6.31. The Morgan fingerprint density at radius 3 is 2.47 bits per heavy atom. The van der Waals surface area contributed by atoms with Crippen molar-refractivity contribution in [1.29, 1.82) is 0 Å². The maximum Gasteiger partial charge on any atom is 0.253 e. The molecule has 0 fully saturated rings. The van der Waals surface area contributed by atoms with Crippen molar-refractivity contribution in [3.63, 3.8) is 0 Å². The summed E-state index contributed by atoms with van der Waals surface area (Å²) in [5.74, 6) is 7.34. The predicted octanol–water partition coefficient (Wildman–Crippen LogP) is 3.77. The molecule has 5 N–H and O–H groups in total. The van der Waals surface area contributed by atoms with Gasteiger partial charge in [0.05, 0.1) is 6.04 Å². The number of nitrogens with zero attached hydrogens (tertiary/aromatic N) is 1. The highest BCUT2D eigenvalue weighted by Crippen LogP contribution is 2.42. The molecule has 170 valence electrons. The third kappa shape index (κ3) is 3.63. The number of hydrogen-bond donors (Lipinski definition) is 4. The summed E-state index contributed by atoms with van der Waals surface area (Å²) >= 11 is 6.26. The van der Waals surface area contributed by atoms with E-state index in [1.807, 2.05) is 40.7 Å². The molecule has 9 heteroatoms. The number of nitrogens with one attached hydrogen (secondary N) is 2. The van der Waals surface area contributed by atoms with Crippen LogP contribution in [0, 0.1) is 19.3 Å². The number of halogens is 1. The maximum absolute atomic E-state index is 12.5. The number of anilines is 3. The Bertz CT molecular complexity index is 1250. The third-order valence-electron chi connectivity index (χ3n) is 6.01. The molecule has 8 nitrogen and oxygen atoms in total. The van der Waals surface area contributed by atoms with Crippen molar-refractivity contribution in [2.24, 2.45) is 11.3 Å². The summed E-state index contributed by atoms with van der Waals surface area (Å²) in [6, 6.07) is 4.92. The zero-order chi connectivity index (χ0) is 23.5. The summed E-state index contributed by atoms with van der Waals surface area (Å²) in [5, 5.41) is 18.5. The summed E-state index contributed by atoms with van der Waals surface area (Å²) in [4.78, 5) is 25.0. The first-order valence-electron chi connectivity index (χ1n) is 10.3. The Balaban J connectivity index is 1.71. The van der Waals surface area contributed by atoms with Gasteiger partial charge in [-0.15, -0.1) is 0 Å². The van der Waals surface area contributed by atoms with Crippen LogP contribution in [-0.2, 0) is 6.54 Å². The van der Waals surface area contributed by atoms with Gasteiger partial charge in [-0.1, -0.05) is 32.4 Å². The van der Waals surface area contributed by atoms with Crippen LogP contribution in [0.1, 0.15) is 61.3 Å². The molecular formula is C23H27ClN4O4. The molecular weight excluding hydrogens is 432 g/mol. The predicted molar refractivity (Wildman–Crippen MR) is 125 cm³/mol. The van der Waals surface area contributed by atoms with Gasteiger partial charge in [0.15, 0.2) is 0 Å². The van der Waals surface area contributed by atoms with Gasteiger partial charge < -0.3 is 20.2 Å². The van der Waals surface area contributed by atoms with Gasteiger partial charge in [-0.25, -0.2) is 5.01 Å². The quantitative estimate of drug-likeness (QED) is 0.337. The van der Waals surface area contributed by atoms with Crippen LogP contribution in [0.2, 0.25) is 5.02 Å². The van der Waals surface area contributed by atoms with Crippen molar-refractivity contribution in [2.45, 2.75) is 53.4 Å². The molecule has 1 aliphatic heterocycles. The lowest BCUT2D eigenvalue weighted by Gasteiger charge is -2.31. The Labute approximate surface area is 190 Å². The molecule has 3 aromatic rings. The molecule has 1 aliphatic rings. The number of aliphatic hydroxyl groups is 1. The van der Waals surface area contributed by atoms with Crippen LogP contribution >= 0.6 is 11.6 Å². The van der Waals surface area contributed by atoms with Gasteiger partial charge in [0.1, 0.15) is 29.1 Å². The van der Waals surface area contributed by atoms with Crippen LogP contribution in [0.3, 0.4) is 0 Å². The van der Waals surface area contributed by atoms with Crippen LogP contribution in [-0.4, -0.2) is 10.1 Å². The molecule has 0 aliphatic carbocycles. The molecule has 0 radical (unpaired) electrons. The number of fused-ring (bicyclic) bond motifs is 1. The first-order valence-corrected chi connectivity index (χ1v) is 10.7. The smallest absolute Gasteiger partial charge is 0.253 e. The molecule has 0 bridgehead atoms. The average molecular weight is 459 g/mol. The van der Waals surface area contributed by atoms with Crippen molar-refractivity contribution in [3.05, 3.63) is 71.9 Å². The number of aryl methyl sites for hydroxylation is 2. The minimum absolute atomic E-state index is 0.136. The van der Waals surface area contributed by atoms with Crippen LogP contribution in [0.25, 0.3) is 0 Å². The van der Waals surface area contributed by atoms with Gasteiger partial charge in [0.2, 0.25) is 0 Å². The van der Waals surface area contributed by atoms with Gasteiger partial charge in [-0.3, -0.25) is 15.4 Å². The Morgan fingerprint density at radius 1 is 1.22 bits per heavy atom. The number of hydrazine groups is 1. The number of rotatable bonds is 5. The number of furan rings is 1. The van der Waals surface area contributed by atoms with E-state index in [0.29, 0.717) is 27.6 Å². The van der Waals surface area contributed by atoms with E-state index in [2.05, 4.69) is 10.6 Å². The third-order valence-corrected chi connectivity index (χ3v) is 6.36. The second-order valence-corrected chi connectivity index (χ2v) is 9.80. The molecule has 0 amide bonds. The molecule has 2 atom stereocenters. The van der Waals surface area contributed by atoms with E-state index >= 15 is 0 Å². The van der Waals surface area contributed by atoms with Crippen molar-refractivity contribution in [2.75, 3.05) is 10.6 Å². The molecule has 4 rings (SSSR count). The lowest BCUT2D eigenvalue weighted by atomic mass is 9.84. The van der Waals surface area contributed by atoms with Crippen molar-refractivity contribution < 1.29 is 9.52 Å². The molecule has 1 unspecified atom stereocenters. The average Bonchev–Trinajstić information content (AvgIpc) is 3.20. The van der Waals surface area contributed by atoms with Crippen LogP contribution < -0.4 is 27.3 Å². The molecule has 2 heterocycles. The standard InChI is InChI=1S/C23H27ClN4O4/c1-10-8-15(32-11(10)2)21(23(3,4)5)27-18-17(19(29)20(18)30)26-14-7-6-13(24)12-9-28(25)22(31)16(12)14/h6-8,21-22,26-27,31H,9,25H2,1-5H3/t21-,22?/m0/s1. The normalized spacial score (nSPS) is 17.6. The van der Waals surface area contributed by atoms with E-state index in [1.165, 1.54) is 5.01 Å². The Morgan fingerprint density at radius 2 is 1.88 bits per heavy atom. The topological polar surface area (TPSA) is 121 Å². The maximum atomic E-state index is 12.5. The second-order valence-electron chi connectivity index (χ2n) is 9.40. The fraction of sp³-hybridized carbons (Fsp3) is 0.391. The summed E-state index contributed by atoms with van der Waals surface area (Å²) in [7, 11) is 0. The van der Waals surface area contributed by atoms with E-state index in [0.717, 1.165) is 11.3 Å². The highest BCUT2D eigenvalue weighted by atomic mass is 35.5. The summed E-state index contributed by atoms with van der Waals surface area (Å²) in [5.41, 5.74) is 1.41. The second kappa shape index (κ2) is 7.74. The van der Waals surface area contributed by atoms with Gasteiger partial charge in [-0.05, 0) is 48.6 Å². The lowest BCUT2D eigenvalue weighted by molar-refractivity contribution is 0.0136. The molecule has 0 spiro atoms. The van der Waals surface area contributed by atoms with E-state index in [1.54, 1.807) is 12.1 Å². The van der Waals surface area contributed by atoms with Crippen molar-refractivity contribution >= 4 is 28.7 Å². The minimum atomic E-state index is -1.08. The first-order chi connectivity index (χ1) is 14.9. The number of aliphatic hydroxyl groups excluding tert-OH is 1. The fourth-order valence-electron chi connectivity index (χ4n) is 4.02. The molecule has 32 heavy (non-hydrogen) atoms. The lowest BCUT2D eigenvalue weighted by Crippen LogP contribution is -2.39. The largest absolute Gasteiger partial charge is 0.464 e. The molecule has 0 saturated heterocycles. The summed E-state index contributed by atoms with van der Waals surface area (Å²) in [6.45, 7) is 10.2. The van der Waals surface area contributed by atoms with E-state index in [4.69, 9.17) is 21.9 Å². The van der Waals surface area contributed by atoms with Crippen LogP contribution in [0.5, 0.6) is 0 Å². The fourth-order valence-corrected chi connectivity index (χ4v) is 4.25. The summed E-state index contributed by atoms with van der Waals surface area (Å²) < 4.78 is 5.92. The Hall–Kier alpha value is -2.65. The van der Waals surface area contributed by atoms with Gasteiger partial charge in [0.25, 0.3) is 10.9 Å². The van der Waals surface area contributed by atoms with E-state index < -0.39 is 17.1 Å². The van der Waals surface area contributed by atoms with E-state index in [9.17, 15) is 14.7 Å². The molecule has 1 aromatic heterocycles. The zero-order valence-electron chi connectivity index (χ0n) is 18.7. The molecule has 2 aromatic carbocycles. The Kier molecular flexibility index (Phi) is 5.45. The number of benzene rings is 1. The van der Waals surface area contributed by atoms with Crippen LogP contribution in [0.4, 0.5) is 17.1 Å². The number of hydrogen-bond acceptors (Lipinski definition) is 8. The summed E-state index contributed by atoms with van der Waals surface area (Å²) in [6.07, 6.45) is -1.08. The van der Waals surface area contributed by atoms with Crippen molar-refractivity contribution in [1.82, 2.24) is 5.01 Å². The van der Waals surface area contributed by atoms with Gasteiger partial charge >= 0.3 is 0 Å². The SMILES string of the molecule is Cc1cc([C@H](Nc2c(Nc3ccc(Cl)c4c3C(O)N(N)C4)c(=O)c2=O)C(C)(C)C)oc1C. The minimum Gasteiger partial charge on any atom is -0.464 e. The monoisotopic (exact) mass is 458 g/mol. The highest BCUT2D eigenvalue weighted by Gasteiger charge is 2.35. The molecule has 0 saturated carbocycles. The van der Waals surface area contributed by atoms with E-state index in [-0.39, 0.29) is 29.4 Å². The first kappa shape index (κ1) is 22.5. The zero-order valence-corrected chi connectivity index (χ0v) is 19.4. The van der Waals surface area contributed by atoms with Gasteiger partial charge in [0, 0.05) is 22.8 Å².